The van der Waals surface area contributed by atoms with Crippen molar-refractivity contribution < 1.29 is 13.2 Å². The van der Waals surface area contributed by atoms with Crippen LogP contribution in [-0.4, -0.2) is 29.4 Å². The van der Waals surface area contributed by atoms with Gasteiger partial charge in [0.2, 0.25) is 0 Å². The van der Waals surface area contributed by atoms with Crippen LogP contribution in [0.5, 0.6) is 0 Å². The number of halogens is 3. The molecule has 3 heterocycles. The van der Waals surface area contributed by atoms with Gasteiger partial charge in [-0.25, -0.2) is 4.98 Å². The van der Waals surface area contributed by atoms with Crippen LogP contribution in [0.25, 0.3) is 5.65 Å². The number of aromatic nitrogens is 6. The molecule has 0 aliphatic rings. The maximum atomic E-state index is 13.1. The highest BCUT2D eigenvalue weighted by Crippen LogP contribution is 2.29. The molecule has 0 aliphatic heterocycles. The Labute approximate surface area is 151 Å². The molecule has 27 heavy (non-hydrogen) atoms. The standard InChI is InChI=1S/C17H14F3N7/c1-26-10-9-21-15(26)14(11-5-3-2-4-6-11)22-12-7-8-13-23-24-16(17(18,19)20)27(13)25-12/h2-10,14H,1H3,(H,22,25)/t14-/m0/s1. The highest BCUT2D eigenvalue weighted by Gasteiger charge is 2.37. The van der Waals surface area contributed by atoms with Crippen LogP contribution in [0.2, 0.25) is 0 Å². The van der Waals surface area contributed by atoms with E-state index in [4.69, 9.17) is 0 Å². The molecule has 0 aliphatic carbocycles. The van der Waals surface area contributed by atoms with Gasteiger partial charge in [-0.1, -0.05) is 30.3 Å². The first kappa shape index (κ1) is 17.0. The molecule has 1 aromatic carbocycles. The van der Waals surface area contributed by atoms with E-state index >= 15 is 0 Å². The molecule has 0 bridgehead atoms. The molecule has 10 heteroatoms. The predicted octanol–water partition coefficient (Wildman–Crippen LogP) is 3.08. The van der Waals surface area contributed by atoms with E-state index in [0.717, 1.165) is 5.56 Å². The van der Waals surface area contributed by atoms with Crippen molar-refractivity contribution >= 4 is 11.5 Å². The van der Waals surface area contributed by atoms with Gasteiger partial charge in [0.25, 0.3) is 5.82 Å². The Morgan fingerprint density at radius 3 is 2.48 bits per heavy atom. The average molecular weight is 373 g/mol. The number of imidazole rings is 1. The van der Waals surface area contributed by atoms with Crippen LogP contribution in [-0.2, 0) is 13.2 Å². The number of alkyl halides is 3. The maximum Gasteiger partial charge on any atom is 0.453 e. The molecule has 3 aromatic heterocycles. The molecule has 0 saturated carbocycles. The van der Waals surface area contributed by atoms with E-state index < -0.39 is 18.0 Å². The number of aryl methyl sites for hydroxylation is 1. The lowest BCUT2D eigenvalue weighted by molar-refractivity contribution is -0.146. The molecule has 0 fully saturated rings. The van der Waals surface area contributed by atoms with E-state index in [1.807, 2.05) is 41.9 Å². The van der Waals surface area contributed by atoms with Gasteiger partial charge in [0.05, 0.1) is 0 Å². The molecular formula is C17H14F3N7. The van der Waals surface area contributed by atoms with Gasteiger partial charge in [-0.15, -0.1) is 15.3 Å². The third-order valence-electron chi connectivity index (χ3n) is 4.06. The Morgan fingerprint density at radius 2 is 1.81 bits per heavy atom. The quantitative estimate of drug-likeness (QED) is 0.595. The number of hydrogen-bond acceptors (Lipinski definition) is 5. The molecule has 138 valence electrons. The number of rotatable bonds is 4. The summed E-state index contributed by atoms with van der Waals surface area (Å²) in [5.41, 5.74) is 0.912. The van der Waals surface area contributed by atoms with Crippen molar-refractivity contribution in [1.82, 2.24) is 29.4 Å². The van der Waals surface area contributed by atoms with Gasteiger partial charge in [0, 0.05) is 19.4 Å². The first-order valence-corrected chi connectivity index (χ1v) is 8.02. The van der Waals surface area contributed by atoms with Crippen LogP contribution < -0.4 is 5.32 Å². The normalized spacial score (nSPS) is 13.0. The molecule has 0 unspecified atom stereocenters. The largest absolute Gasteiger partial charge is 0.453 e. The van der Waals surface area contributed by atoms with Gasteiger partial charge in [-0.05, 0) is 17.7 Å². The zero-order valence-electron chi connectivity index (χ0n) is 14.1. The summed E-state index contributed by atoms with van der Waals surface area (Å²) < 4.78 is 41.8. The molecule has 0 radical (unpaired) electrons. The SMILES string of the molecule is Cn1ccnc1[C@@H](Nc1ccc2nnc(C(F)(F)F)n2n1)c1ccccc1. The van der Waals surface area contributed by atoms with E-state index in [1.54, 1.807) is 18.5 Å². The summed E-state index contributed by atoms with van der Waals surface area (Å²) in [6.07, 6.45) is -1.19. The lowest BCUT2D eigenvalue weighted by Gasteiger charge is -2.19. The van der Waals surface area contributed by atoms with E-state index in [0.29, 0.717) is 10.3 Å². The van der Waals surface area contributed by atoms with Gasteiger partial charge in [-0.2, -0.15) is 17.7 Å². The zero-order chi connectivity index (χ0) is 19.0. The average Bonchev–Trinajstić information content (AvgIpc) is 3.26. The van der Waals surface area contributed by atoms with Crippen molar-refractivity contribution in [3.8, 4) is 0 Å². The Kier molecular flexibility index (Phi) is 4.02. The highest BCUT2D eigenvalue weighted by atomic mass is 19.4. The fourth-order valence-corrected chi connectivity index (χ4v) is 2.79. The molecule has 0 saturated heterocycles. The van der Waals surface area contributed by atoms with Gasteiger partial charge in [0.1, 0.15) is 17.7 Å². The monoisotopic (exact) mass is 373 g/mol. The molecule has 7 nitrogen and oxygen atoms in total. The summed E-state index contributed by atoms with van der Waals surface area (Å²) in [7, 11) is 1.85. The van der Waals surface area contributed by atoms with E-state index in [2.05, 4.69) is 25.6 Å². The summed E-state index contributed by atoms with van der Waals surface area (Å²) in [5, 5.41) is 13.9. The van der Waals surface area contributed by atoms with Crippen molar-refractivity contribution in [3.63, 3.8) is 0 Å². The molecule has 0 amide bonds. The minimum Gasteiger partial charge on any atom is -0.355 e. The first-order chi connectivity index (χ1) is 12.9. The minimum atomic E-state index is -4.65. The van der Waals surface area contributed by atoms with Crippen molar-refractivity contribution in [2.75, 3.05) is 5.32 Å². The smallest absolute Gasteiger partial charge is 0.355 e. The third-order valence-corrected chi connectivity index (χ3v) is 4.06. The fraction of sp³-hybridized carbons (Fsp3) is 0.176. The number of nitrogens with one attached hydrogen (secondary N) is 1. The van der Waals surface area contributed by atoms with Gasteiger partial charge in [0.15, 0.2) is 5.65 Å². The second kappa shape index (κ2) is 6.38. The van der Waals surface area contributed by atoms with Crippen molar-refractivity contribution in [2.45, 2.75) is 12.2 Å². The molecule has 1 atom stereocenters. The van der Waals surface area contributed by atoms with Crippen LogP contribution in [0.15, 0.2) is 54.9 Å². The van der Waals surface area contributed by atoms with Crippen LogP contribution in [0.3, 0.4) is 0 Å². The number of hydrogen-bond donors (Lipinski definition) is 1. The van der Waals surface area contributed by atoms with Crippen LogP contribution in [0.4, 0.5) is 19.0 Å². The molecule has 4 aromatic rings. The van der Waals surface area contributed by atoms with E-state index in [9.17, 15) is 13.2 Å². The summed E-state index contributed by atoms with van der Waals surface area (Å²) >= 11 is 0. The Balaban J connectivity index is 1.76. The minimum absolute atomic E-state index is 0.0149. The number of benzene rings is 1. The second-order valence-corrected chi connectivity index (χ2v) is 5.89. The lowest BCUT2D eigenvalue weighted by Crippen LogP contribution is -2.19. The van der Waals surface area contributed by atoms with Crippen molar-refractivity contribution in [3.05, 3.63) is 72.1 Å². The van der Waals surface area contributed by atoms with E-state index in [-0.39, 0.29) is 11.5 Å². The van der Waals surface area contributed by atoms with Gasteiger partial charge >= 0.3 is 6.18 Å². The van der Waals surface area contributed by atoms with E-state index in [1.165, 1.54) is 6.07 Å². The summed E-state index contributed by atoms with van der Waals surface area (Å²) in [4.78, 5) is 4.36. The van der Waals surface area contributed by atoms with Crippen molar-refractivity contribution in [2.24, 2.45) is 7.05 Å². The third kappa shape index (κ3) is 3.21. The zero-order valence-corrected chi connectivity index (χ0v) is 14.1. The lowest BCUT2D eigenvalue weighted by atomic mass is 10.1. The predicted molar refractivity (Wildman–Crippen MR) is 90.9 cm³/mol. The topological polar surface area (TPSA) is 72.9 Å². The second-order valence-electron chi connectivity index (χ2n) is 5.89. The molecule has 1 N–H and O–H groups in total. The molecule has 0 spiro atoms. The molecular weight excluding hydrogens is 359 g/mol. The Bertz CT molecular complexity index is 1070. The summed E-state index contributed by atoms with van der Waals surface area (Å²) in [5.74, 6) is -0.234. The number of anilines is 1. The number of fused-ring (bicyclic) bond motifs is 1. The Hall–Kier alpha value is -3.43. The van der Waals surface area contributed by atoms with Crippen LogP contribution in [0, 0.1) is 0 Å². The van der Waals surface area contributed by atoms with Crippen LogP contribution in [0.1, 0.15) is 23.3 Å². The number of nitrogens with zero attached hydrogens (tertiary/aromatic N) is 6. The van der Waals surface area contributed by atoms with Crippen LogP contribution >= 0.6 is 0 Å². The van der Waals surface area contributed by atoms with Gasteiger partial charge < -0.3 is 9.88 Å². The fourth-order valence-electron chi connectivity index (χ4n) is 2.79. The highest BCUT2D eigenvalue weighted by molar-refractivity contribution is 5.47. The maximum absolute atomic E-state index is 13.1. The summed E-state index contributed by atoms with van der Waals surface area (Å²) in [6.45, 7) is 0. The molecule has 4 rings (SSSR count). The van der Waals surface area contributed by atoms with Gasteiger partial charge in [-0.3, -0.25) is 0 Å². The first-order valence-electron chi connectivity index (χ1n) is 8.02. The Morgan fingerprint density at radius 1 is 1.04 bits per heavy atom. The summed E-state index contributed by atoms with van der Waals surface area (Å²) in [6, 6.07) is 12.0. The van der Waals surface area contributed by atoms with Crippen molar-refractivity contribution in [1.29, 1.82) is 0 Å².